The third-order valence-electron chi connectivity index (χ3n) is 4.79. The van der Waals surface area contributed by atoms with Crippen LogP contribution in [0.5, 0.6) is 5.75 Å². The second kappa shape index (κ2) is 9.86. The maximum atomic E-state index is 12.9. The van der Waals surface area contributed by atoms with Gasteiger partial charge in [0.15, 0.2) is 5.78 Å². The number of nitrogens with zero attached hydrogens (tertiary/aromatic N) is 1. The lowest BCUT2D eigenvalue weighted by molar-refractivity contribution is 0.0470. The molecule has 0 radical (unpaired) electrons. The monoisotopic (exact) mass is 433 g/mol. The highest BCUT2D eigenvalue weighted by Crippen LogP contribution is 2.24. The molecule has 0 aliphatic heterocycles. The number of benzene rings is 2. The largest absolute Gasteiger partial charge is 0.496 e. The molecule has 0 heterocycles. The Kier molecular flexibility index (Phi) is 7.75. The van der Waals surface area contributed by atoms with Gasteiger partial charge in [-0.05, 0) is 49.7 Å². The van der Waals surface area contributed by atoms with Gasteiger partial charge in [-0.15, -0.1) is 0 Å². The Morgan fingerprint density at radius 1 is 1.00 bits per heavy atom. The molecule has 0 aliphatic rings. The van der Waals surface area contributed by atoms with Crippen molar-refractivity contribution in [1.82, 2.24) is 4.31 Å². The van der Waals surface area contributed by atoms with E-state index in [9.17, 15) is 18.0 Å². The molecule has 7 nitrogen and oxygen atoms in total. The first-order valence-corrected chi connectivity index (χ1v) is 11.0. The summed E-state index contributed by atoms with van der Waals surface area (Å²) < 4.78 is 37.7. The second-order valence-corrected chi connectivity index (χ2v) is 8.63. The van der Waals surface area contributed by atoms with Crippen molar-refractivity contribution in [2.24, 2.45) is 0 Å². The Morgan fingerprint density at radius 2 is 1.63 bits per heavy atom. The molecule has 0 aromatic heterocycles. The summed E-state index contributed by atoms with van der Waals surface area (Å²) in [6.07, 6.45) is 0. The van der Waals surface area contributed by atoms with Crippen molar-refractivity contribution in [2.45, 2.75) is 39.2 Å². The zero-order chi connectivity index (χ0) is 22.5. The first-order valence-electron chi connectivity index (χ1n) is 9.61. The number of carbonyl (C=O) groups is 2. The zero-order valence-corrected chi connectivity index (χ0v) is 18.7. The number of ether oxygens (including phenoxy) is 2. The number of sulfonamides is 1. The Balaban J connectivity index is 2.29. The average Bonchev–Trinajstić information content (AvgIpc) is 2.72. The molecular weight excluding hydrogens is 406 g/mol. The number of methoxy groups -OCH3 is 1. The van der Waals surface area contributed by atoms with Gasteiger partial charge in [-0.1, -0.05) is 19.9 Å². The molecule has 0 amide bonds. The fourth-order valence-corrected chi connectivity index (χ4v) is 4.75. The molecule has 0 N–H and O–H groups in total. The first-order chi connectivity index (χ1) is 14.1. The van der Waals surface area contributed by atoms with Crippen LogP contribution in [0.1, 0.15) is 52.6 Å². The van der Waals surface area contributed by atoms with Crippen LogP contribution in [0.2, 0.25) is 0 Å². The highest BCUT2D eigenvalue weighted by molar-refractivity contribution is 7.89. The number of ketones is 1. The van der Waals surface area contributed by atoms with Crippen LogP contribution in [-0.4, -0.2) is 44.7 Å². The fraction of sp³-hybridized carbons (Fsp3) is 0.364. The van der Waals surface area contributed by atoms with E-state index in [2.05, 4.69) is 0 Å². The maximum Gasteiger partial charge on any atom is 0.338 e. The molecular formula is C22H27NO6S. The van der Waals surface area contributed by atoms with Crippen LogP contribution in [0, 0.1) is 6.92 Å². The number of hydrogen-bond acceptors (Lipinski definition) is 6. The van der Waals surface area contributed by atoms with E-state index >= 15 is 0 Å². The topological polar surface area (TPSA) is 90.0 Å². The normalized spacial score (nSPS) is 11.4. The lowest BCUT2D eigenvalue weighted by Gasteiger charge is -2.20. The fourth-order valence-electron chi connectivity index (χ4n) is 3.04. The van der Waals surface area contributed by atoms with E-state index < -0.39 is 16.0 Å². The minimum atomic E-state index is -3.71. The Hall–Kier alpha value is -2.71. The van der Waals surface area contributed by atoms with Crippen molar-refractivity contribution in [1.29, 1.82) is 0 Å². The molecule has 0 saturated carbocycles. The molecule has 8 heteroatoms. The van der Waals surface area contributed by atoms with Gasteiger partial charge in [0.1, 0.15) is 12.4 Å². The number of Topliss-reactive ketones (excluding diaryl/α,β-unsaturated/α-hetero) is 1. The van der Waals surface area contributed by atoms with Crippen molar-refractivity contribution < 1.29 is 27.5 Å². The molecule has 0 atom stereocenters. The molecule has 0 unspecified atom stereocenters. The average molecular weight is 434 g/mol. The minimum absolute atomic E-state index is 0.0804. The van der Waals surface area contributed by atoms with E-state index in [1.807, 2.05) is 0 Å². The first kappa shape index (κ1) is 23.6. The number of aryl methyl sites for hydroxylation is 1. The summed E-state index contributed by atoms with van der Waals surface area (Å²) in [4.78, 5) is 24.3. The van der Waals surface area contributed by atoms with Gasteiger partial charge in [-0.25, -0.2) is 13.2 Å². The smallest absolute Gasteiger partial charge is 0.338 e. The standard InChI is InChI=1S/C22H27NO6S/c1-6-23(7-2)30(26,27)21-13-18(9-8-15(21)3)22(25)29-14-19-12-17(16(4)24)10-11-20(19)28-5/h8-13H,6-7,14H2,1-5H3. The van der Waals surface area contributed by atoms with Gasteiger partial charge < -0.3 is 9.47 Å². The van der Waals surface area contributed by atoms with Crippen LogP contribution in [0.4, 0.5) is 0 Å². The highest BCUT2D eigenvalue weighted by Gasteiger charge is 2.25. The summed E-state index contributed by atoms with van der Waals surface area (Å²) in [5.41, 5.74) is 1.70. The third-order valence-corrected chi connectivity index (χ3v) is 6.98. The predicted molar refractivity (Wildman–Crippen MR) is 113 cm³/mol. The molecule has 0 spiro atoms. The SMILES string of the molecule is CCN(CC)S(=O)(=O)c1cc(C(=O)OCc2cc(C(C)=O)ccc2OC)ccc1C. The summed E-state index contributed by atoms with van der Waals surface area (Å²) >= 11 is 0. The van der Waals surface area contributed by atoms with Crippen molar-refractivity contribution in [3.63, 3.8) is 0 Å². The van der Waals surface area contributed by atoms with Crippen molar-refractivity contribution in [2.75, 3.05) is 20.2 Å². The minimum Gasteiger partial charge on any atom is -0.496 e. The number of hydrogen-bond donors (Lipinski definition) is 0. The van der Waals surface area contributed by atoms with Gasteiger partial charge in [0.2, 0.25) is 10.0 Å². The van der Waals surface area contributed by atoms with Crippen molar-refractivity contribution in [3.05, 3.63) is 58.7 Å². The molecule has 0 aliphatic carbocycles. The van der Waals surface area contributed by atoms with Gasteiger partial charge in [-0.3, -0.25) is 4.79 Å². The lowest BCUT2D eigenvalue weighted by Crippen LogP contribution is -2.31. The van der Waals surface area contributed by atoms with Crippen LogP contribution < -0.4 is 4.74 Å². The van der Waals surface area contributed by atoms with Gasteiger partial charge in [0, 0.05) is 24.2 Å². The lowest BCUT2D eigenvalue weighted by atomic mass is 10.1. The predicted octanol–water partition coefficient (Wildman–Crippen LogP) is 3.59. The Bertz CT molecular complexity index is 1040. The van der Waals surface area contributed by atoms with Gasteiger partial charge in [0.25, 0.3) is 0 Å². The third kappa shape index (κ3) is 5.06. The molecule has 2 aromatic rings. The molecule has 2 rings (SSSR count). The van der Waals surface area contributed by atoms with Crippen molar-refractivity contribution >= 4 is 21.8 Å². The van der Waals surface area contributed by atoms with E-state index in [0.717, 1.165) is 0 Å². The number of rotatable bonds is 9. The summed E-state index contributed by atoms with van der Waals surface area (Å²) in [6, 6.07) is 9.35. The van der Waals surface area contributed by atoms with E-state index in [1.54, 1.807) is 45.0 Å². The maximum absolute atomic E-state index is 12.9. The molecule has 0 bridgehead atoms. The number of carbonyl (C=O) groups excluding carboxylic acids is 2. The van der Waals surface area contributed by atoms with Gasteiger partial charge in [-0.2, -0.15) is 4.31 Å². The van der Waals surface area contributed by atoms with Crippen LogP contribution in [0.3, 0.4) is 0 Å². The summed E-state index contributed by atoms with van der Waals surface area (Å²) in [7, 11) is -2.23. The Labute approximate surface area is 177 Å². The van der Waals surface area contributed by atoms with Crippen LogP contribution in [0.25, 0.3) is 0 Å². The zero-order valence-electron chi connectivity index (χ0n) is 17.9. The van der Waals surface area contributed by atoms with Crippen molar-refractivity contribution in [3.8, 4) is 5.75 Å². The van der Waals surface area contributed by atoms with E-state index in [1.165, 1.54) is 30.5 Å². The number of esters is 1. The van der Waals surface area contributed by atoms with E-state index in [4.69, 9.17) is 9.47 Å². The molecule has 2 aromatic carbocycles. The van der Waals surface area contributed by atoms with Crippen LogP contribution in [0.15, 0.2) is 41.3 Å². The van der Waals surface area contributed by atoms with Crippen LogP contribution in [-0.2, 0) is 21.4 Å². The quantitative estimate of drug-likeness (QED) is 0.443. The van der Waals surface area contributed by atoms with Gasteiger partial charge in [0.05, 0.1) is 17.6 Å². The molecule has 30 heavy (non-hydrogen) atoms. The Morgan fingerprint density at radius 3 is 2.20 bits per heavy atom. The van der Waals surface area contributed by atoms with E-state index in [0.29, 0.717) is 35.5 Å². The highest BCUT2D eigenvalue weighted by atomic mass is 32.2. The summed E-state index contributed by atoms with van der Waals surface area (Å²) in [5.74, 6) is -0.294. The summed E-state index contributed by atoms with van der Waals surface area (Å²) in [5, 5.41) is 0. The molecule has 0 fully saturated rings. The van der Waals surface area contributed by atoms with Crippen LogP contribution >= 0.6 is 0 Å². The van der Waals surface area contributed by atoms with E-state index in [-0.39, 0.29) is 22.8 Å². The van der Waals surface area contributed by atoms with Gasteiger partial charge >= 0.3 is 5.97 Å². The summed E-state index contributed by atoms with van der Waals surface area (Å²) in [6.45, 7) is 7.20. The molecule has 162 valence electrons. The second-order valence-electron chi connectivity index (χ2n) is 6.73. The molecule has 0 saturated heterocycles.